The maximum absolute atomic E-state index is 12.5. The Balaban J connectivity index is 1.19. The average molecular weight is 579 g/mol. The van der Waals surface area contributed by atoms with Gasteiger partial charge in [-0.05, 0) is 51.3 Å². The number of hydrogen-bond acceptors (Lipinski definition) is 9. The molecular weight excluding hydrogens is 540 g/mol. The van der Waals surface area contributed by atoms with Gasteiger partial charge in [0.25, 0.3) is 0 Å². The number of likely N-dealkylation sites (tertiary alicyclic amines) is 2. The fraction of sp³-hybridized carbons (Fsp3) is 0.567. The number of aromatic nitrogens is 2. The first kappa shape index (κ1) is 27.8. The van der Waals surface area contributed by atoms with Gasteiger partial charge in [-0.1, -0.05) is 12.0 Å². The molecule has 1 N–H and O–H groups in total. The lowest BCUT2D eigenvalue weighted by Gasteiger charge is -2.49. The summed E-state index contributed by atoms with van der Waals surface area (Å²) in [6.07, 6.45) is 2.50. The number of benzene rings is 1. The van der Waals surface area contributed by atoms with Crippen molar-refractivity contribution in [2.24, 2.45) is 0 Å². The van der Waals surface area contributed by atoms with E-state index >= 15 is 0 Å². The van der Waals surface area contributed by atoms with Gasteiger partial charge in [0.2, 0.25) is 5.91 Å². The molecule has 2 atom stereocenters. The number of anilines is 3. The summed E-state index contributed by atoms with van der Waals surface area (Å²) < 4.78 is 30.5. The highest BCUT2D eigenvalue weighted by Crippen LogP contribution is 2.45. The van der Waals surface area contributed by atoms with Crippen molar-refractivity contribution >= 4 is 33.1 Å². The molecule has 1 amide bonds. The van der Waals surface area contributed by atoms with E-state index in [2.05, 4.69) is 58.0 Å². The number of carbonyl (C=O) groups is 1. The van der Waals surface area contributed by atoms with Crippen molar-refractivity contribution in [2.75, 3.05) is 61.0 Å². The van der Waals surface area contributed by atoms with E-state index in [0.717, 1.165) is 61.0 Å². The van der Waals surface area contributed by atoms with Crippen LogP contribution in [0, 0.1) is 18.8 Å². The maximum Gasteiger partial charge on any atom is 0.234 e. The van der Waals surface area contributed by atoms with Crippen LogP contribution in [0.2, 0.25) is 0 Å². The van der Waals surface area contributed by atoms with Crippen LogP contribution in [0.4, 0.5) is 17.3 Å². The Morgan fingerprint density at radius 1 is 1.20 bits per heavy atom. The Labute approximate surface area is 242 Å². The standard InChI is InChI=1S/C30H38N6O4S/c1-5-6-7-25(37)35-9-8-30(4,18-35)36-16-23(17-36)22-14-20(2)27-24(15-22)33-28-26(21(3)40-27)29(32-19-31-28)34-10-12-41(38,39)13-11-34/h14-15,19,21,23H,7-13,16-18H2,1-4H3,(H,31,32,33)/t21-,30?/m1/s1. The Hall–Kier alpha value is -3.36. The van der Waals surface area contributed by atoms with E-state index in [9.17, 15) is 13.2 Å². The van der Waals surface area contributed by atoms with Gasteiger partial charge in [-0.2, -0.15) is 0 Å². The first-order chi connectivity index (χ1) is 19.6. The van der Waals surface area contributed by atoms with Gasteiger partial charge in [-0.15, -0.1) is 5.92 Å². The number of fused-ring (bicyclic) bond motifs is 2. The Morgan fingerprint density at radius 2 is 1.95 bits per heavy atom. The van der Waals surface area contributed by atoms with Gasteiger partial charge in [0.1, 0.15) is 29.8 Å². The van der Waals surface area contributed by atoms with Crippen LogP contribution in [0.25, 0.3) is 0 Å². The van der Waals surface area contributed by atoms with E-state index in [-0.39, 0.29) is 29.1 Å². The minimum Gasteiger partial charge on any atom is -0.483 e. The molecule has 0 bridgehead atoms. The van der Waals surface area contributed by atoms with E-state index in [1.807, 2.05) is 16.7 Å². The molecule has 3 saturated heterocycles. The number of aryl methyl sites for hydroxylation is 1. The number of nitrogens with zero attached hydrogens (tertiary/aromatic N) is 5. The Kier molecular flexibility index (Phi) is 7.10. The van der Waals surface area contributed by atoms with Crippen molar-refractivity contribution in [3.05, 3.63) is 35.2 Å². The second-order valence-corrected chi connectivity index (χ2v) is 14.3. The first-order valence-electron chi connectivity index (χ1n) is 14.4. The van der Waals surface area contributed by atoms with Gasteiger partial charge in [0, 0.05) is 50.7 Å². The largest absolute Gasteiger partial charge is 0.483 e. The van der Waals surface area contributed by atoms with Crippen LogP contribution in [0.15, 0.2) is 18.5 Å². The summed E-state index contributed by atoms with van der Waals surface area (Å²) in [6, 6.07) is 4.40. The van der Waals surface area contributed by atoms with Gasteiger partial charge in [0.15, 0.2) is 9.84 Å². The second-order valence-electron chi connectivity index (χ2n) is 12.0. The quantitative estimate of drug-likeness (QED) is 0.548. The zero-order valence-corrected chi connectivity index (χ0v) is 25.1. The van der Waals surface area contributed by atoms with Crippen molar-refractivity contribution in [3.8, 4) is 17.6 Å². The topological polar surface area (TPSA) is 108 Å². The van der Waals surface area contributed by atoms with Crippen molar-refractivity contribution in [2.45, 2.75) is 58.1 Å². The number of rotatable bonds is 4. The molecule has 6 rings (SSSR count). The molecule has 1 aromatic carbocycles. The molecule has 1 unspecified atom stereocenters. The lowest BCUT2D eigenvalue weighted by atomic mass is 9.84. The number of amides is 1. The SMILES string of the molecule is CC#CCC(=O)N1CCC(C)(N2CC(c3cc(C)c4c(c3)Nc3ncnc(N5CCS(=O)(=O)CC5)c3[C@@H](C)O4)C2)C1. The highest BCUT2D eigenvalue weighted by Gasteiger charge is 2.46. The highest BCUT2D eigenvalue weighted by molar-refractivity contribution is 7.91. The smallest absolute Gasteiger partial charge is 0.234 e. The predicted molar refractivity (Wildman–Crippen MR) is 158 cm³/mol. The van der Waals surface area contributed by atoms with Crippen LogP contribution >= 0.6 is 0 Å². The summed E-state index contributed by atoms with van der Waals surface area (Å²) >= 11 is 0. The molecule has 4 aliphatic heterocycles. The molecule has 11 heteroatoms. The third-order valence-corrected chi connectivity index (χ3v) is 10.7. The number of ether oxygens (including phenoxy) is 1. The molecule has 10 nitrogen and oxygen atoms in total. The van der Waals surface area contributed by atoms with Crippen LogP contribution in [0.3, 0.4) is 0 Å². The first-order valence-corrected chi connectivity index (χ1v) is 16.2. The lowest BCUT2D eigenvalue weighted by molar-refractivity contribution is -0.129. The fourth-order valence-electron chi connectivity index (χ4n) is 6.51. The lowest BCUT2D eigenvalue weighted by Crippen LogP contribution is -2.58. The van der Waals surface area contributed by atoms with E-state index in [1.165, 1.54) is 11.9 Å². The zero-order chi connectivity index (χ0) is 28.9. The molecule has 4 aliphatic rings. The van der Waals surface area contributed by atoms with Crippen molar-refractivity contribution in [3.63, 3.8) is 0 Å². The highest BCUT2D eigenvalue weighted by atomic mass is 32.2. The van der Waals surface area contributed by atoms with Crippen molar-refractivity contribution in [1.82, 2.24) is 19.8 Å². The van der Waals surface area contributed by atoms with Gasteiger partial charge < -0.3 is 19.9 Å². The van der Waals surface area contributed by atoms with Crippen LogP contribution in [0.5, 0.6) is 5.75 Å². The van der Waals surface area contributed by atoms with Gasteiger partial charge in [-0.25, -0.2) is 18.4 Å². The summed E-state index contributed by atoms with van der Waals surface area (Å²) in [4.78, 5) is 28.1. The van der Waals surface area contributed by atoms with Crippen LogP contribution < -0.4 is 15.0 Å². The Morgan fingerprint density at radius 3 is 2.68 bits per heavy atom. The molecule has 0 spiro atoms. The summed E-state index contributed by atoms with van der Waals surface area (Å²) in [6.45, 7) is 12.4. The number of nitrogens with one attached hydrogen (secondary N) is 1. The summed E-state index contributed by atoms with van der Waals surface area (Å²) in [7, 11) is -3.01. The zero-order valence-electron chi connectivity index (χ0n) is 24.2. The van der Waals surface area contributed by atoms with E-state index in [0.29, 0.717) is 31.2 Å². The van der Waals surface area contributed by atoms with Gasteiger partial charge in [0.05, 0.1) is 29.2 Å². The van der Waals surface area contributed by atoms with Crippen molar-refractivity contribution in [1.29, 1.82) is 0 Å². The van der Waals surface area contributed by atoms with Crippen LogP contribution in [-0.2, 0) is 14.6 Å². The predicted octanol–water partition coefficient (Wildman–Crippen LogP) is 3.02. The normalized spacial score (nSPS) is 25.5. The van der Waals surface area contributed by atoms with E-state index in [4.69, 9.17) is 4.74 Å². The maximum atomic E-state index is 12.5. The molecule has 2 aromatic rings. The van der Waals surface area contributed by atoms with Crippen LogP contribution in [0.1, 0.15) is 62.3 Å². The third kappa shape index (κ3) is 5.24. The molecular formula is C30H38N6O4S. The molecule has 41 heavy (non-hydrogen) atoms. The molecule has 0 radical (unpaired) electrons. The average Bonchev–Trinajstić information content (AvgIpc) is 3.23. The molecule has 0 aliphatic carbocycles. The molecule has 3 fully saturated rings. The van der Waals surface area contributed by atoms with Gasteiger partial charge >= 0.3 is 0 Å². The summed E-state index contributed by atoms with van der Waals surface area (Å²) in [5.41, 5.74) is 4.03. The van der Waals surface area contributed by atoms with Crippen molar-refractivity contribution < 1.29 is 17.9 Å². The summed E-state index contributed by atoms with van der Waals surface area (Å²) in [5, 5.41) is 3.53. The van der Waals surface area contributed by atoms with Gasteiger partial charge in [-0.3, -0.25) is 9.69 Å². The molecule has 1 aromatic heterocycles. The minimum atomic E-state index is -3.01. The second kappa shape index (κ2) is 10.5. The molecule has 0 saturated carbocycles. The minimum absolute atomic E-state index is 0.0105. The number of hydrogen-bond donors (Lipinski definition) is 1. The number of sulfone groups is 1. The monoisotopic (exact) mass is 578 g/mol. The van der Waals surface area contributed by atoms with E-state index in [1.54, 1.807) is 6.92 Å². The number of carbonyl (C=O) groups excluding carboxylic acids is 1. The Bertz CT molecular complexity index is 1530. The molecule has 5 heterocycles. The molecule has 218 valence electrons. The van der Waals surface area contributed by atoms with Crippen LogP contribution in [-0.4, -0.2) is 90.4 Å². The summed E-state index contributed by atoms with van der Waals surface area (Å²) in [5.74, 6) is 8.70. The fourth-order valence-corrected chi connectivity index (χ4v) is 7.71. The van der Waals surface area contributed by atoms with E-state index < -0.39 is 9.84 Å². The third-order valence-electron chi connectivity index (χ3n) is 9.10.